The fourth-order valence-electron chi connectivity index (χ4n) is 6.05. The summed E-state index contributed by atoms with van der Waals surface area (Å²) in [6.07, 6.45) is 3.60. The van der Waals surface area contributed by atoms with Gasteiger partial charge in [-0.15, -0.1) is 0 Å². The van der Waals surface area contributed by atoms with Crippen LogP contribution in [-0.4, -0.2) is 48.3 Å². The highest BCUT2D eigenvalue weighted by atomic mass is 16.7. The van der Waals surface area contributed by atoms with E-state index in [1.54, 1.807) is 30.9 Å². The Hall–Kier alpha value is -4.13. The number of methoxy groups -OCH3 is 2. The largest absolute Gasteiger partial charge is 0.497 e. The molecule has 2 aromatic carbocycles. The van der Waals surface area contributed by atoms with Gasteiger partial charge in [0.15, 0.2) is 5.79 Å². The minimum Gasteiger partial charge on any atom is -0.497 e. The maximum absolute atomic E-state index is 12.7. The van der Waals surface area contributed by atoms with Crippen molar-refractivity contribution in [2.75, 3.05) is 27.4 Å². The molecule has 0 bridgehead atoms. The van der Waals surface area contributed by atoms with Gasteiger partial charge in [0.25, 0.3) is 5.56 Å². The fraction of sp³-hybridized carbons (Fsp3) is 0.424. The number of pyridine rings is 2. The zero-order valence-electron chi connectivity index (χ0n) is 24.6. The molecule has 1 spiro atoms. The monoisotopic (exact) mass is 571 g/mol. The first-order valence-electron chi connectivity index (χ1n) is 14.2. The van der Waals surface area contributed by atoms with Crippen LogP contribution < -0.4 is 20.6 Å². The number of rotatable bonds is 5. The minimum absolute atomic E-state index is 0.0341. The number of aromatic amines is 1. The Kier molecular flexibility index (Phi) is 8.39. The number of benzene rings is 2. The Morgan fingerprint density at radius 2 is 1.50 bits per heavy atom. The molecule has 1 saturated heterocycles. The number of aromatic nitrogens is 2. The van der Waals surface area contributed by atoms with E-state index in [-0.39, 0.29) is 11.1 Å². The molecule has 0 amide bonds. The number of fused-ring (bicyclic) bond motifs is 2. The summed E-state index contributed by atoms with van der Waals surface area (Å²) in [6, 6.07) is 14.7. The number of hydrogen-bond acceptors (Lipinski definition) is 6. The lowest BCUT2D eigenvalue weighted by molar-refractivity contribution is -0.182. The zero-order valence-corrected chi connectivity index (χ0v) is 24.6. The van der Waals surface area contributed by atoms with Crippen LogP contribution in [0.25, 0.3) is 26.7 Å². The molecule has 0 unspecified atom stereocenters. The van der Waals surface area contributed by atoms with Crippen molar-refractivity contribution >= 4 is 21.8 Å². The summed E-state index contributed by atoms with van der Waals surface area (Å²) in [5, 5.41) is 2.08. The fourth-order valence-corrected chi connectivity index (χ4v) is 6.05. The van der Waals surface area contributed by atoms with E-state index in [1.165, 1.54) is 0 Å². The highest BCUT2D eigenvalue weighted by Crippen LogP contribution is 2.44. The van der Waals surface area contributed by atoms with Crippen LogP contribution in [0.3, 0.4) is 0 Å². The lowest BCUT2D eigenvalue weighted by Gasteiger charge is -2.37. The summed E-state index contributed by atoms with van der Waals surface area (Å²) >= 11 is 0. The van der Waals surface area contributed by atoms with E-state index in [9.17, 15) is 9.59 Å². The lowest BCUT2D eigenvalue weighted by atomic mass is 9.77. The maximum Gasteiger partial charge on any atom is 0.251 e. The number of ether oxygens (including phenoxy) is 4. The van der Waals surface area contributed by atoms with E-state index >= 15 is 0 Å². The molecule has 2 aromatic heterocycles. The Morgan fingerprint density at radius 1 is 0.881 bits per heavy atom. The van der Waals surface area contributed by atoms with Crippen LogP contribution in [0.5, 0.6) is 11.5 Å². The van der Waals surface area contributed by atoms with Gasteiger partial charge in [0.05, 0.1) is 38.5 Å². The van der Waals surface area contributed by atoms with Gasteiger partial charge in [-0.05, 0) is 49.2 Å². The van der Waals surface area contributed by atoms with Crippen LogP contribution in [0.4, 0.5) is 0 Å². The summed E-state index contributed by atoms with van der Waals surface area (Å²) in [7, 11) is 3.23. The minimum atomic E-state index is -0.477. The summed E-state index contributed by atoms with van der Waals surface area (Å²) in [4.78, 5) is 30.7. The van der Waals surface area contributed by atoms with Crippen molar-refractivity contribution in [3.8, 4) is 11.5 Å². The standard InChI is InChI=1S/C22H26N2O4.C11H11NO2/c1-16-14-20(25)24(19-15-17(26-3)4-5-18(16)19)11-10-21(23-2)6-8-22(9-7-21)27-12-13-28-22;1-7-5-11(13)12-10-6-8(14-2)3-4-9(7)10/h4-5,14-15H,6-13H2,1,3H3;3-6H,1-2H3,(H,12,13). The van der Waals surface area contributed by atoms with Gasteiger partial charge in [-0.3, -0.25) is 9.59 Å². The molecule has 9 heteroatoms. The number of aryl methyl sites for hydroxylation is 3. The molecule has 0 atom stereocenters. The second-order valence-electron chi connectivity index (χ2n) is 11.1. The van der Waals surface area contributed by atoms with Crippen molar-refractivity contribution in [3.05, 3.63) is 91.8 Å². The molecule has 220 valence electrons. The molecule has 2 fully saturated rings. The molecule has 2 aliphatic rings. The molecule has 0 radical (unpaired) electrons. The Morgan fingerprint density at radius 3 is 2.14 bits per heavy atom. The van der Waals surface area contributed by atoms with Gasteiger partial charge in [0.2, 0.25) is 11.1 Å². The van der Waals surface area contributed by atoms with Crippen LogP contribution in [-0.2, 0) is 16.0 Å². The lowest BCUT2D eigenvalue weighted by Crippen LogP contribution is -2.42. The third-order valence-electron chi connectivity index (χ3n) is 8.58. The van der Waals surface area contributed by atoms with E-state index in [1.807, 2.05) is 50.2 Å². The van der Waals surface area contributed by atoms with Gasteiger partial charge in [-0.2, -0.15) is 0 Å². The number of H-pyrrole nitrogens is 1. The second-order valence-corrected chi connectivity index (χ2v) is 11.1. The average molecular weight is 572 g/mol. The molecule has 42 heavy (non-hydrogen) atoms. The Bertz CT molecular complexity index is 1750. The molecule has 3 heterocycles. The van der Waals surface area contributed by atoms with Crippen LogP contribution in [0.15, 0.2) is 58.1 Å². The molecule has 9 nitrogen and oxygen atoms in total. The van der Waals surface area contributed by atoms with E-state index in [0.29, 0.717) is 26.2 Å². The molecule has 1 aliphatic carbocycles. The van der Waals surface area contributed by atoms with Crippen LogP contribution in [0, 0.1) is 20.4 Å². The van der Waals surface area contributed by atoms with Crippen molar-refractivity contribution in [1.82, 2.24) is 9.55 Å². The summed E-state index contributed by atoms with van der Waals surface area (Å²) in [5.74, 6) is 0.995. The summed E-state index contributed by atoms with van der Waals surface area (Å²) < 4.78 is 23.8. The molecule has 6 rings (SSSR count). The van der Waals surface area contributed by atoms with Crippen molar-refractivity contribution in [1.29, 1.82) is 0 Å². The van der Waals surface area contributed by atoms with Crippen LogP contribution in [0.1, 0.15) is 43.2 Å². The van der Waals surface area contributed by atoms with Crippen molar-refractivity contribution in [2.45, 2.75) is 63.8 Å². The van der Waals surface area contributed by atoms with Crippen LogP contribution in [0.2, 0.25) is 0 Å². The topological polar surface area (TPSA) is 96.1 Å². The van der Waals surface area contributed by atoms with Gasteiger partial charge < -0.3 is 33.3 Å². The highest BCUT2D eigenvalue weighted by molar-refractivity contribution is 5.84. The molecule has 1 aliphatic heterocycles. The predicted molar refractivity (Wildman–Crippen MR) is 162 cm³/mol. The highest BCUT2D eigenvalue weighted by Gasteiger charge is 2.49. The van der Waals surface area contributed by atoms with E-state index in [2.05, 4.69) is 9.83 Å². The predicted octanol–water partition coefficient (Wildman–Crippen LogP) is 5.53. The van der Waals surface area contributed by atoms with Gasteiger partial charge in [0.1, 0.15) is 11.5 Å². The smallest absolute Gasteiger partial charge is 0.251 e. The van der Waals surface area contributed by atoms with Crippen molar-refractivity contribution < 1.29 is 18.9 Å². The maximum atomic E-state index is 12.7. The SMILES string of the molecule is COc1ccc2c(C)cc(=O)[nH]c2c1.[C-]#[N+]C1(CCn2c(=O)cc(C)c3ccc(OC)cc32)CCC2(CC1)OCCO2. The molecular formula is C33H37N3O6. The van der Waals surface area contributed by atoms with Gasteiger partial charge in [-0.1, -0.05) is 0 Å². The van der Waals surface area contributed by atoms with Crippen LogP contribution >= 0.6 is 0 Å². The first-order chi connectivity index (χ1) is 20.2. The number of hydrogen-bond donors (Lipinski definition) is 1. The van der Waals surface area contributed by atoms with E-state index in [4.69, 9.17) is 25.5 Å². The summed E-state index contributed by atoms with van der Waals surface area (Å²) in [5.41, 5.74) is 3.03. The first-order valence-corrected chi connectivity index (χ1v) is 14.2. The van der Waals surface area contributed by atoms with Gasteiger partial charge in [-0.25, -0.2) is 6.57 Å². The zero-order chi connectivity index (χ0) is 29.9. The van der Waals surface area contributed by atoms with Crippen molar-refractivity contribution in [3.63, 3.8) is 0 Å². The molecular weight excluding hydrogens is 534 g/mol. The summed E-state index contributed by atoms with van der Waals surface area (Å²) in [6.45, 7) is 13.5. The molecule has 4 aromatic rings. The first kappa shape index (κ1) is 29.4. The normalized spacial score (nSPS) is 17.0. The Labute approximate surface area is 244 Å². The third kappa shape index (κ3) is 5.91. The average Bonchev–Trinajstić information content (AvgIpc) is 3.46. The van der Waals surface area contributed by atoms with Crippen molar-refractivity contribution in [2.24, 2.45) is 0 Å². The molecule has 1 N–H and O–H groups in total. The van der Waals surface area contributed by atoms with E-state index < -0.39 is 11.3 Å². The Balaban J connectivity index is 0.000000211. The van der Waals surface area contributed by atoms with Gasteiger partial charge >= 0.3 is 0 Å². The quantitative estimate of drug-likeness (QED) is 0.317. The second kappa shape index (κ2) is 12.0. The van der Waals surface area contributed by atoms with Gasteiger partial charge in [0, 0.05) is 73.7 Å². The van der Waals surface area contributed by atoms with E-state index in [0.717, 1.165) is 70.1 Å². The molecule has 1 saturated carbocycles. The third-order valence-corrected chi connectivity index (χ3v) is 8.58. The number of nitrogens with one attached hydrogen (secondary N) is 1. The number of nitrogens with zero attached hydrogens (tertiary/aromatic N) is 2.